The number of carbonyl (C=O) groups excluding carboxylic acids is 1. The van der Waals surface area contributed by atoms with E-state index >= 15 is 0 Å². The molecular formula is C18H24N4O2S. The monoisotopic (exact) mass is 360 g/mol. The average Bonchev–Trinajstić information content (AvgIpc) is 3.26. The minimum Gasteiger partial charge on any atom is -0.461 e. The second kappa shape index (κ2) is 8.38. The Kier molecular flexibility index (Phi) is 5.96. The summed E-state index contributed by atoms with van der Waals surface area (Å²) in [5.41, 5.74) is 1.48. The molecule has 0 aliphatic heterocycles. The molecule has 2 aromatic rings. The van der Waals surface area contributed by atoms with Crippen LogP contribution in [-0.2, 0) is 11.8 Å². The Morgan fingerprint density at radius 1 is 1.44 bits per heavy atom. The van der Waals surface area contributed by atoms with Gasteiger partial charge in [0.1, 0.15) is 0 Å². The fraction of sp³-hybridized carbons (Fsp3) is 0.500. The maximum absolute atomic E-state index is 12.3. The van der Waals surface area contributed by atoms with Gasteiger partial charge in [-0.2, -0.15) is 0 Å². The topological polar surface area (TPSA) is 73.0 Å². The third-order valence-corrected chi connectivity index (χ3v) is 5.49. The number of hydrogen-bond acceptors (Lipinski definition) is 5. The number of nitrogens with zero attached hydrogens (tertiary/aromatic N) is 3. The first-order valence-electron chi connectivity index (χ1n) is 8.70. The summed E-state index contributed by atoms with van der Waals surface area (Å²) in [6.45, 7) is 2.59. The van der Waals surface area contributed by atoms with E-state index in [0.717, 1.165) is 6.42 Å². The summed E-state index contributed by atoms with van der Waals surface area (Å²) in [5, 5.41) is 11.8. The van der Waals surface area contributed by atoms with Crippen molar-refractivity contribution in [3.8, 4) is 11.6 Å². The molecule has 3 rings (SSSR count). The first kappa shape index (κ1) is 17.8. The van der Waals surface area contributed by atoms with Crippen LogP contribution in [0, 0.1) is 0 Å². The van der Waals surface area contributed by atoms with Crippen molar-refractivity contribution in [3.63, 3.8) is 0 Å². The van der Waals surface area contributed by atoms with Gasteiger partial charge in [-0.25, -0.2) is 0 Å². The number of carbonyl (C=O) groups is 1. The minimum absolute atomic E-state index is 0.0314. The van der Waals surface area contributed by atoms with Crippen LogP contribution in [0.25, 0.3) is 11.6 Å². The van der Waals surface area contributed by atoms with Crippen LogP contribution >= 0.6 is 11.8 Å². The van der Waals surface area contributed by atoms with E-state index < -0.39 is 0 Å². The van der Waals surface area contributed by atoms with E-state index in [1.54, 1.807) is 6.26 Å². The number of allylic oxidation sites excluding steroid dienone is 1. The zero-order valence-electron chi connectivity index (χ0n) is 14.7. The highest BCUT2D eigenvalue weighted by atomic mass is 32.2. The maximum atomic E-state index is 12.3. The quantitative estimate of drug-likeness (QED) is 0.604. The summed E-state index contributed by atoms with van der Waals surface area (Å²) < 4.78 is 7.21. The molecule has 0 bridgehead atoms. The van der Waals surface area contributed by atoms with E-state index in [9.17, 15) is 4.79 Å². The Hall–Kier alpha value is -2.02. The standard InChI is InChI=1S/C18H24N4O2S/c1-13(17(23)19-11-10-14-7-4-3-5-8-14)25-18-21-20-16(22(18)2)15-9-6-12-24-15/h6-7,9,12-13H,3-5,8,10-11H2,1-2H3,(H,19,23)/t13-/m1/s1. The molecule has 1 aliphatic rings. The van der Waals surface area contributed by atoms with Gasteiger partial charge in [0.2, 0.25) is 5.91 Å². The second-order valence-electron chi connectivity index (χ2n) is 6.25. The van der Waals surface area contributed by atoms with Gasteiger partial charge in [-0.15, -0.1) is 10.2 Å². The minimum atomic E-state index is -0.229. The van der Waals surface area contributed by atoms with Crippen LogP contribution < -0.4 is 5.32 Å². The fourth-order valence-electron chi connectivity index (χ4n) is 2.87. The van der Waals surface area contributed by atoms with E-state index in [4.69, 9.17) is 4.42 Å². The fourth-order valence-corrected chi connectivity index (χ4v) is 3.71. The van der Waals surface area contributed by atoms with Gasteiger partial charge in [0.05, 0.1) is 11.5 Å². The highest BCUT2D eigenvalue weighted by Crippen LogP contribution is 2.26. The van der Waals surface area contributed by atoms with Crippen LogP contribution in [0.15, 0.2) is 39.6 Å². The third-order valence-electron chi connectivity index (χ3n) is 4.36. The number of hydrogen-bond donors (Lipinski definition) is 1. The summed E-state index contributed by atoms with van der Waals surface area (Å²) in [5.74, 6) is 1.35. The normalized spacial score (nSPS) is 15.7. The molecule has 25 heavy (non-hydrogen) atoms. The van der Waals surface area contributed by atoms with Crippen LogP contribution in [-0.4, -0.2) is 32.5 Å². The lowest BCUT2D eigenvalue weighted by Crippen LogP contribution is -2.32. The van der Waals surface area contributed by atoms with Crippen molar-refractivity contribution >= 4 is 17.7 Å². The van der Waals surface area contributed by atoms with E-state index in [2.05, 4.69) is 21.6 Å². The molecule has 0 saturated heterocycles. The van der Waals surface area contributed by atoms with Crippen molar-refractivity contribution in [2.75, 3.05) is 6.54 Å². The van der Waals surface area contributed by atoms with Gasteiger partial charge in [-0.1, -0.05) is 23.4 Å². The molecule has 0 unspecified atom stereocenters. The molecule has 0 radical (unpaired) electrons. The van der Waals surface area contributed by atoms with Crippen molar-refractivity contribution in [3.05, 3.63) is 30.0 Å². The van der Waals surface area contributed by atoms with E-state index in [1.807, 2.05) is 30.7 Å². The van der Waals surface area contributed by atoms with Gasteiger partial charge < -0.3 is 14.3 Å². The molecule has 7 heteroatoms. The molecule has 1 amide bonds. The zero-order valence-corrected chi connectivity index (χ0v) is 15.5. The van der Waals surface area contributed by atoms with Crippen LogP contribution in [0.5, 0.6) is 0 Å². The summed E-state index contributed by atoms with van der Waals surface area (Å²) in [4.78, 5) is 12.3. The Labute approximate surface area is 152 Å². The zero-order chi connectivity index (χ0) is 17.6. The van der Waals surface area contributed by atoms with Gasteiger partial charge in [0.25, 0.3) is 0 Å². The van der Waals surface area contributed by atoms with Crippen molar-refractivity contribution in [2.24, 2.45) is 7.05 Å². The molecule has 0 aromatic carbocycles. The maximum Gasteiger partial charge on any atom is 0.233 e. The van der Waals surface area contributed by atoms with Crippen molar-refractivity contribution in [2.45, 2.75) is 49.4 Å². The average molecular weight is 360 g/mol. The first-order valence-corrected chi connectivity index (χ1v) is 9.58. The molecular weight excluding hydrogens is 336 g/mol. The largest absolute Gasteiger partial charge is 0.461 e. The number of amides is 1. The Bertz CT molecular complexity index is 736. The number of rotatable bonds is 7. The third kappa shape index (κ3) is 4.54. The molecule has 0 saturated carbocycles. The van der Waals surface area contributed by atoms with Gasteiger partial charge in [-0.05, 0) is 51.2 Å². The molecule has 0 fully saturated rings. The molecule has 1 aliphatic carbocycles. The Morgan fingerprint density at radius 3 is 3.04 bits per heavy atom. The summed E-state index contributed by atoms with van der Waals surface area (Å²) in [6.07, 6.45) is 9.81. The predicted molar refractivity (Wildman–Crippen MR) is 98.2 cm³/mol. The predicted octanol–water partition coefficient (Wildman–Crippen LogP) is 3.56. The van der Waals surface area contributed by atoms with E-state index in [-0.39, 0.29) is 11.2 Å². The Balaban J connectivity index is 1.50. The molecule has 2 aromatic heterocycles. The van der Waals surface area contributed by atoms with Crippen molar-refractivity contribution in [1.82, 2.24) is 20.1 Å². The van der Waals surface area contributed by atoms with Crippen LogP contribution in [0.2, 0.25) is 0 Å². The summed E-state index contributed by atoms with van der Waals surface area (Å²) >= 11 is 1.40. The lowest BCUT2D eigenvalue weighted by atomic mass is 9.97. The molecule has 2 heterocycles. The van der Waals surface area contributed by atoms with Crippen molar-refractivity contribution in [1.29, 1.82) is 0 Å². The summed E-state index contributed by atoms with van der Waals surface area (Å²) in [6, 6.07) is 3.66. The van der Waals surface area contributed by atoms with Crippen LogP contribution in [0.3, 0.4) is 0 Å². The van der Waals surface area contributed by atoms with Crippen LogP contribution in [0.1, 0.15) is 39.0 Å². The van der Waals surface area contributed by atoms with Gasteiger partial charge in [0, 0.05) is 13.6 Å². The SMILES string of the molecule is C[C@@H](Sc1nnc(-c2ccco2)n1C)C(=O)NCCC1=CCCCC1. The van der Waals surface area contributed by atoms with Gasteiger partial charge >= 0.3 is 0 Å². The smallest absolute Gasteiger partial charge is 0.233 e. The van der Waals surface area contributed by atoms with Crippen molar-refractivity contribution < 1.29 is 9.21 Å². The van der Waals surface area contributed by atoms with E-state index in [1.165, 1.54) is 43.0 Å². The van der Waals surface area contributed by atoms with Crippen LogP contribution in [0.4, 0.5) is 0 Å². The van der Waals surface area contributed by atoms with E-state index in [0.29, 0.717) is 23.3 Å². The highest BCUT2D eigenvalue weighted by Gasteiger charge is 2.20. The molecule has 1 atom stereocenters. The lowest BCUT2D eigenvalue weighted by molar-refractivity contribution is -0.120. The lowest BCUT2D eigenvalue weighted by Gasteiger charge is -2.14. The van der Waals surface area contributed by atoms with Gasteiger partial charge in [-0.3, -0.25) is 4.79 Å². The second-order valence-corrected chi connectivity index (χ2v) is 7.56. The summed E-state index contributed by atoms with van der Waals surface area (Å²) in [7, 11) is 1.88. The molecule has 6 nitrogen and oxygen atoms in total. The molecule has 134 valence electrons. The first-order chi connectivity index (χ1) is 12.1. The number of thioether (sulfide) groups is 1. The Morgan fingerprint density at radius 2 is 2.32 bits per heavy atom. The highest BCUT2D eigenvalue weighted by molar-refractivity contribution is 8.00. The van der Waals surface area contributed by atoms with Gasteiger partial charge in [0.15, 0.2) is 16.7 Å². The molecule has 0 spiro atoms. The molecule has 1 N–H and O–H groups in total. The number of furan rings is 1. The number of nitrogens with one attached hydrogen (secondary N) is 1. The number of aromatic nitrogens is 3.